The van der Waals surface area contributed by atoms with Gasteiger partial charge in [-0.15, -0.1) is 0 Å². The maximum Gasteiger partial charge on any atom is 0.405 e. The average Bonchev–Trinajstić information content (AvgIpc) is 2.99. The molecule has 0 spiro atoms. The summed E-state index contributed by atoms with van der Waals surface area (Å²) >= 11 is 0. The maximum absolute atomic E-state index is 12.0. The first-order valence-corrected chi connectivity index (χ1v) is 8.02. The number of ether oxygens (including phenoxy) is 1. The van der Waals surface area contributed by atoms with Gasteiger partial charge in [0.1, 0.15) is 6.54 Å². The van der Waals surface area contributed by atoms with E-state index in [2.05, 4.69) is 4.90 Å². The van der Waals surface area contributed by atoms with Gasteiger partial charge in [-0.1, -0.05) is 0 Å². The Morgan fingerprint density at radius 3 is 2.38 bits per heavy atom. The van der Waals surface area contributed by atoms with Gasteiger partial charge in [-0.25, -0.2) is 4.79 Å². The quantitative estimate of drug-likeness (QED) is 0.738. The van der Waals surface area contributed by atoms with E-state index in [0.29, 0.717) is 13.1 Å². The Morgan fingerprint density at radius 1 is 1.12 bits per heavy atom. The Morgan fingerprint density at radius 2 is 1.79 bits per heavy atom. The van der Waals surface area contributed by atoms with Gasteiger partial charge >= 0.3 is 12.2 Å². The van der Waals surface area contributed by atoms with E-state index in [1.165, 1.54) is 0 Å². The van der Waals surface area contributed by atoms with Crippen molar-refractivity contribution in [1.82, 2.24) is 20.4 Å². The first kappa shape index (κ1) is 18.9. The molecule has 2 aliphatic rings. The van der Waals surface area contributed by atoms with Crippen molar-refractivity contribution in [2.24, 2.45) is 0 Å². The Kier molecular flexibility index (Phi) is 6.81. The second-order valence-corrected chi connectivity index (χ2v) is 6.06. The highest BCUT2D eigenvalue weighted by atomic mass is 19.4. The number of hydrogen-bond donors (Lipinski definition) is 2. The van der Waals surface area contributed by atoms with Gasteiger partial charge in [0.2, 0.25) is 5.91 Å². The van der Waals surface area contributed by atoms with Crippen LogP contribution < -0.4 is 10.6 Å². The zero-order chi connectivity index (χ0) is 17.6. The Balaban J connectivity index is 1.60. The Hall–Kier alpha value is -1.39. The molecule has 138 valence electrons. The molecule has 0 bridgehead atoms. The molecule has 0 aromatic carbocycles. The van der Waals surface area contributed by atoms with E-state index in [4.69, 9.17) is 4.74 Å². The SMILES string of the molecule is O=C(CN1CCN(CC2CCCO2)CC1)NC(=O)NCC(F)(F)F. The van der Waals surface area contributed by atoms with Gasteiger partial charge in [0.15, 0.2) is 0 Å². The maximum atomic E-state index is 12.0. The number of amides is 3. The average molecular weight is 352 g/mol. The second-order valence-electron chi connectivity index (χ2n) is 6.06. The lowest BCUT2D eigenvalue weighted by Gasteiger charge is -2.35. The van der Waals surface area contributed by atoms with Gasteiger partial charge < -0.3 is 10.1 Å². The van der Waals surface area contributed by atoms with Crippen LogP contribution in [0.1, 0.15) is 12.8 Å². The number of halogens is 3. The summed E-state index contributed by atoms with van der Waals surface area (Å²) in [6.07, 6.45) is -2.03. The molecule has 2 N–H and O–H groups in total. The van der Waals surface area contributed by atoms with Crippen molar-refractivity contribution in [2.45, 2.75) is 25.1 Å². The lowest BCUT2D eigenvalue weighted by molar-refractivity contribution is -0.125. The van der Waals surface area contributed by atoms with E-state index in [1.807, 2.05) is 10.2 Å². The van der Waals surface area contributed by atoms with Gasteiger partial charge in [0.05, 0.1) is 12.6 Å². The molecule has 0 saturated carbocycles. The van der Waals surface area contributed by atoms with E-state index in [-0.39, 0.29) is 12.6 Å². The fourth-order valence-electron chi connectivity index (χ4n) is 2.80. The molecule has 1 atom stereocenters. The molecule has 0 aromatic heterocycles. The largest absolute Gasteiger partial charge is 0.405 e. The normalized spacial score (nSPS) is 23.2. The van der Waals surface area contributed by atoms with Gasteiger partial charge in [-0.05, 0) is 12.8 Å². The first-order valence-electron chi connectivity index (χ1n) is 8.02. The highest BCUT2D eigenvalue weighted by Crippen LogP contribution is 2.14. The molecule has 2 fully saturated rings. The monoisotopic (exact) mass is 352 g/mol. The van der Waals surface area contributed by atoms with Gasteiger partial charge in [-0.2, -0.15) is 13.2 Å². The van der Waals surface area contributed by atoms with Gasteiger partial charge in [-0.3, -0.25) is 19.9 Å². The minimum atomic E-state index is -4.50. The smallest absolute Gasteiger partial charge is 0.377 e. The summed E-state index contributed by atoms with van der Waals surface area (Å²) in [6, 6.07) is -1.13. The van der Waals surface area contributed by atoms with Crippen LogP contribution in [-0.4, -0.2) is 86.4 Å². The predicted octanol–water partition coefficient (Wildman–Crippen LogP) is 0.171. The zero-order valence-corrected chi connectivity index (χ0v) is 13.4. The summed E-state index contributed by atoms with van der Waals surface area (Å²) in [5, 5.41) is 3.51. The molecular formula is C14H23F3N4O3. The minimum Gasteiger partial charge on any atom is -0.377 e. The second kappa shape index (κ2) is 8.63. The lowest BCUT2D eigenvalue weighted by atomic mass is 10.2. The zero-order valence-electron chi connectivity index (χ0n) is 13.4. The molecule has 3 amide bonds. The number of nitrogens with zero attached hydrogens (tertiary/aromatic N) is 2. The molecule has 2 aliphatic heterocycles. The summed E-state index contributed by atoms with van der Waals surface area (Å²) in [5.74, 6) is -0.609. The van der Waals surface area contributed by atoms with Crippen LogP contribution in [0.3, 0.4) is 0 Å². The molecule has 1 unspecified atom stereocenters. The van der Waals surface area contributed by atoms with Crippen molar-refractivity contribution in [3.63, 3.8) is 0 Å². The molecule has 7 nitrogen and oxygen atoms in total. The molecule has 2 heterocycles. The van der Waals surface area contributed by atoms with Gasteiger partial charge in [0.25, 0.3) is 0 Å². The molecular weight excluding hydrogens is 329 g/mol. The summed E-state index contributed by atoms with van der Waals surface area (Å²) in [7, 11) is 0. The Bertz CT molecular complexity index is 433. The number of carbonyl (C=O) groups excluding carboxylic acids is 2. The third-order valence-electron chi connectivity index (χ3n) is 4.02. The summed E-state index contributed by atoms with van der Waals surface area (Å²) in [6.45, 7) is 3.18. The number of rotatable bonds is 5. The lowest BCUT2D eigenvalue weighted by Crippen LogP contribution is -2.52. The van der Waals surface area contributed by atoms with Crippen molar-refractivity contribution in [1.29, 1.82) is 0 Å². The number of hydrogen-bond acceptors (Lipinski definition) is 5. The molecule has 2 saturated heterocycles. The van der Waals surface area contributed by atoms with E-state index >= 15 is 0 Å². The highest BCUT2D eigenvalue weighted by Gasteiger charge is 2.28. The van der Waals surface area contributed by atoms with Crippen LogP contribution in [0.25, 0.3) is 0 Å². The van der Waals surface area contributed by atoms with Crippen LogP contribution in [0, 0.1) is 0 Å². The van der Waals surface area contributed by atoms with Crippen LogP contribution in [0.4, 0.5) is 18.0 Å². The topological polar surface area (TPSA) is 73.9 Å². The molecule has 10 heteroatoms. The molecule has 0 aromatic rings. The van der Waals surface area contributed by atoms with Crippen LogP contribution >= 0.6 is 0 Å². The number of carbonyl (C=O) groups is 2. The van der Waals surface area contributed by atoms with E-state index in [0.717, 1.165) is 39.1 Å². The van der Waals surface area contributed by atoms with Crippen LogP contribution in [0.2, 0.25) is 0 Å². The first-order chi connectivity index (χ1) is 11.3. The highest BCUT2D eigenvalue weighted by molar-refractivity contribution is 5.95. The molecule has 2 rings (SSSR count). The standard InChI is InChI=1S/C14H23F3N4O3/c15-14(16,17)10-18-13(23)19-12(22)9-21-5-3-20(4-6-21)8-11-2-1-7-24-11/h11H,1-10H2,(H2,18,19,22,23). The van der Waals surface area contributed by atoms with E-state index < -0.39 is 24.7 Å². The Labute approximate surface area is 138 Å². The molecule has 24 heavy (non-hydrogen) atoms. The third kappa shape index (κ3) is 7.02. The summed E-state index contributed by atoms with van der Waals surface area (Å²) in [4.78, 5) is 27.0. The number of imide groups is 1. The van der Waals surface area contributed by atoms with Crippen molar-refractivity contribution >= 4 is 11.9 Å². The van der Waals surface area contributed by atoms with Crippen LogP contribution in [0.15, 0.2) is 0 Å². The number of nitrogens with one attached hydrogen (secondary N) is 2. The fraction of sp³-hybridized carbons (Fsp3) is 0.857. The number of urea groups is 1. The number of piperazine rings is 1. The predicted molar refractivity (Wildman–Crippen MR) is 79.5 cm³/mol. The summed E-state index contributed by atoms with van der Waals surface area (Å²) < 4.78 is 41.5. The fourth-order valence-corrected chi connectivity index (χ4v) is 2.80. The summed E-state index contributed by atoms with van der Waals surface area (Å²) in [5.41, 5.74) is 0. The van der Waals surface area contributed by atoms with Crippen molar-refractivity contribution in [3.8, 4) is 0 Å². The van der Waals surface area contributed by atoms with Crippen molar-refractivity contribution < 1.29 is 27.5 Å². The van der Waals surface area contributed by atoms with Crippen molar-refractivity contribution in [3.05, 3.63) is 0 Å². The van der Waals surface area contributed by atoms with Gasteiger partial charge in [0, 0.05) is 39.3 Å². The minimum absolute atomic E-state index is 0.00674. The van der Waals surface area contributed by atoms with E-state index in [1.54, 1.807) is 5.32 Å². The molecule has 0 radical (unpaired) electrons. The van der Waals surface area contributed by atoms with Crippen molar-refractivity contribution in [2.75, 3.05) is 52.4 Å². The van der Waals surface area contributed by atoms with Crippen LogP contribution in [-0.2, 0) is 9.53 Å². The van der Waals surface area contributed by atoms with E-state index in [9.17, 15) is 22.8 Å². The number of alkyl halides is 3. The third-order valence-corrected chi connectivity index (χ3v) is 4.02. The molecule has 0 aliphatic carbocycles. The van der Waals surface area contributed by atoms with Crippen LogP contribution in [0.5, 0.6) is 0 Å².